The quantitative estimate of drug-likeness (QED) is 0.742. The summed E-state index contributed by atoms with van der Waals surface area (Å²) >= 11 is 0. The molecule has 1 aromatic carbocycles. The van der Waals surface area contributed by atoms with Crippen LogP contribution in [0.5, 0.6) is 0 Å². The Hall–Kier alpha value is -1.03. The molecule has 1 aliphatic carbocycles. The molecule has 2 atom stereocenters. The molecule has 0 saturated heterocycles. The molecule has 0 bridgehead atoms. The highest BCUT2D eigenvalue weighted by Crippen LogP contribution is 2.39. The van der Waals surface area contributed by atoms with Gasteiger partial charge in [0.25, 0.3) is 0 Å². The van der Waals surface area contributed by atoms with Crippen molar-refractivity contribution in [3.8, 4) is 0 Å². The van der Waals surface area contributed by atoms with Crippen LogP contribution in [0, 0.1) is 0 Å². The van der Waals surface area contributed by atoms with Crippen molar-refractivity contribution in [3.63, 3.8) is 0 Å². The summed E-state index contributed by atoms with van der Waals surface area (Å²) in [5.74, 6) is 0.261. The van der Waals surface area contributed by atoms with E-state index < -0.39 is 11.7 Å². The maximum absolute atomic E-state index is 12.2. The van der Waals surface area contributed by atoms with Gasteiger partial charge in [-0.05, 0) is 24.1 Å². The van der Waals surface area contributed by atoms with Crippen LogP contribution in [-0.4, -0.2) is 6.04 Å². The molecule has 1 fully saturated rings. The van der Waals surface area contributed by atoms with Crippen LogP contribution in [0.25, 0.3) is 0 Å². The first-order valence-electron chi connectivity index (χ1n) is 4.41. The zero-order valence-corrected chi connectivity index (χ0v) is 7.38. The SMILES string of the molecule is N[C@@H]1C[C@@H]1c1ccc(C(F)(F)F)cc1. The number of hydrogen-bond acceptors (Lipinski definition) is 1. The van der Waals surface area contributed by atoms with E-state index in [1.807, 2.05) is 0 Å². The summed E-state index contributed by atoms with van der Waals surface area (Å²) in [6, 6.07) is 5.38. The lowest BCUT2D eigenvalue weighted by Gasteiger charge is -2.06. The number of halogens is 3. The molecule has 0 radical (unpaired) electrons. The predicted octanol–water partition coefficient (Wildman–Crippen LogP) is 2.52. The average molecular weight is 201 g/mol. The molecule has 76 valence electrons. The van der Waals surface area contributed by atoms with Crippen LogP contribution in [0.1, 0.15) is 23.5 Å². The van der Waals surface area contributed by atoms with Gasteiger partial charge in [-0.2, -0.15) is 13.2 Å². The number of hydrogen-bond donors (Lipinski definition) is 1. The molecule has 1 aliphatic rings. The largest absolute Gasteiger partial charge is 0.416 e. The molecule has 0 aliphatic heterocycles. The summed E-state index contributed by atoms with van der Waals surface area (Å²) < 4.78 is 36.6. The van der Waals surface area contributed by atoms with Crippen molar-refractivity contribution in [3.05, 3.63) is 35.4 Å². The lowest BCUT2D eigenvalue weighted by molar-refractivity contribution is -0.137. The van der Waals surface area contributed by atoms with Gasteiger partial charge in [-0.15, -0.1) is 0 Å². The minimum absolute atomic E-state index is 0.131. The lowest BCUT2D eigenvalue weighted by atomic mass is 10.1. The monoisotopic (exact) mass is 201 g/mol. The maximum atomic E-state index is 12.2. The van der Waals surface area contributed by atoms with Crippen LogP contribution in [0.3, 0.4) is 0 Å². The Bertz CT molecular complexity index is 328. The number of nitrogens with two attached hydrogens (primary N) is 1. The summed E-state index contributed by atoms with van der Waals surface area (Å²) in [6.07, 6.45) is -3.37. The fourth-order valence-corrected chi connectivity index (χ4v) is 1.52. The number of alkyl halides is 3. The Balaban J connectivity index is 2.18. The van der Waals surface area contributed by atoms with Gasteiger partial charge in [-0.3, -0.25) is 0 Å². The van der Waals surface area contributed by atoms with Crippen LogP contribution in [-0.2, 0) is 6.18 Å². The van der Waals surface area contributed by atoms with Gasteiger partial charge in [0.1, 0.15) is 0 Å². The fraction of sp³-hybridized carbons (Fsp3) is 0.400. The molecule has 0 amide bonds. The molecule has 0 heterocycles. The van der Waals surface area contributed by atoms with E-state index in [1.54, 1.807) is 0 Å². The molecule has 4 heteroatoms. The highest BCUT2D eigenvalue weighted by molar-refractivity contribution is 5.31. The maximum Gasteiger partial charge on any atom is 0.416 e. The molecule has 1 aromatic rings. The molecule has 2 rings (SSSR count). The third-order valence-electron chi connectivity index (χ3n) is 2.51. The van der Waals surface area contributed by atoms with E-state index in [1.165, 1.54) is 12.1 Å². The number of benzene rings is 1. The van der Waals surface area contributed by atoms with Gasteiger partial charge in [-0.25, -0.2) is 0 Å². The van der Waals surface area contributed by atoms with Crippen molar-refractivity contribution < 1.29 is 13.2 Å². The van der Waals surface area contributed by atoms with Gasteiger partial charge in [0, 0.05) is 12.0 Å². The van der Waals surface area contributed by atoms with Gasteiger partial charge in [0.15, 0.2) is 0 Å². The van der Waals surface area contributed by atoms with E-state index in [2.05, 4.69) is 0 Å². The van der Waals surface area contributed by atoms with Crippen molar-refractivity contribution >= 4 is 0 Å². The minimum atomic E-state index is -4.25. The zero-order chi connectivity index (χ0) is 10.3. The predicted molar refractivity (Wildman–Crippen MR) is 46.8 cm³/mol. The molecule has 0 aromatic heterocycles. The van der Waals surface area contributed by atoms with Gasteiger partial charge >= 0.3 is 6.18 Å². The topological polar surface area (TPSA) is 26.0 Å². The van der Waals surface area contributed by atoms with Crippen molar-refractivity contribution in [2.24, 2.45) is 5.73 Å². The fourth-order valence-electron chi connectivity index (χ4n) is 1.52. The minimum Gasteiger partial charge on any atom is -0.327 e. The van der Waals surface area contributed by atoms with E-state index in [4.69, 9.17) is 5.73 Å². The van der Waals surface area contributed by atoms with Crippen molar-refractivity contribution in [2.75, 3.05) is 0 Å². The van der Waals surface area contributed by atoms with E-state index in [9.17, 15) is 13.2 Å². The molecule has 1 nitrogen and oxygen atoms in total. The Morgan fingerprint density at radius 1 is 1.14 bits per heavy atom. The standard InChI is InChI=1S/C10H10F3N/c11-10(12,13)7-3-1-6(2-4-7)8-5-9(8)14/h1-4,8-9H,5,14H2/t8-,9-/m1/s1. The van der Waals surface area contributed by atoms with E-state index >= 15 is 0 Å². The van der Waals surface area contributed by atoms with Crippen LogP contribution in [0.2, 0.25) is 0 Å². The first-order valence-corrected chi connectivity index (χ1v) is 4.41. The summed E-state index contributed by atoms with van der Waals surface area (Å²) in [7, 11) is 0. The molecule has 14 heavy (non-hydrogen) atoms. The smallest absolute Gasteiger partial charge is 0.327 e. The average Bonchev–Trinajstić information content (AvgIpc) is 2.81. The molecular formula is C10H10F3N. The Morgan fingerprint density at radius 2 is 1.64 bits per heavy atom. The van der Waals surface area contributed by atoms with Crippen molar-refractivity contribution in [1.82, 2.24) is 0 Å². The molecule has 0 unspecified atom stereocenters. The van der Waals surface area contributed by atoms with E-state index in [0.29, 0.717) is 0 Å². The lowest BCUT2D eigenvalue weighted by Crippen LogP contribution is -2.05. The second-order valence-electron chi connectivity index (χ2n) is 3.63. The van der Waals surface area contributed by atoms with Crippen LogP contribution < -0.4 is 5.73 Å². The first-order chi connectivity index (χ1) is 6.48. The third-order valence-corrected chi connectivity index (χ3v) is 2.51. The number of rotatable bonds is 1. The second-order valence-corrected chi connectivity index (χ2v) is 3.63. The Kier molecular flexibility index (Phi) is 2.03. The van der Waals surface area contributed by atoms with Crippen molar-refractivity contribution in [1.29, 1.82) is 0 Å². The first kappa shape index (κ1) is 9.52. The van der Waals surface area contributed by atoms with Gasteiger partial charge in [-0.1, -0.05) is 12.1 Å². The molecular weight excluding hydrogens is 191 g/mol. The Labute approximate surface area is 79.7 Å². The Morgan fingerprint density at radius 3 is 2.00 bits per heavy atom. The highest BCUT2D eigenvalue weighted by Gasteiger charge is 2.36. The van der Waals surface area contributed by atoms with Crippen LogP contribution in [0.15, 0.2) is 24.3 Å². The van der Waals surface area contributed by atoms with E-state index in [-0.39, 0.29) is 12.0 Å². The van der Waals surface area contributed by atoms with Crippen LogP contribution >= 0.6 is 0 Å². The van der Waals surface area contributed by atoms with Crippen molar-refractivity contribution in [2.45, 2.75) is 24.6 Å². The summed E-state index contributed by atoms with van der Waals surface area (Å²) in [5.41, 5.74) is 5.91. The van der Waals surface area contributed by atoms with Gasteiger partial charge in [0.2, 0.25) is 0 Å². The van der Waals surface area contributed by atoms with E-state index in [0.717, 1.165) is 24.1 Å². The summed E-state index contributed by atoms with van der Waals surface area (Å²) in [5, 5.41) is 0. The molecule has 2 N–H and O–H groups in total. The summed E-state index contributed by atoms with van der Waals surface area (Å²) in [6.45, 7) is 0. The van der Waals surface area contributed by atoms with Crippen LogP contribution in [0.4, 0.5) is 13.2 Å². The normalized spacial score (nSPS) is 26.3. The second kappa shape index (κ2) is 2.98. The third kappa shape index (κ3) is 1.75. The highest BCUT2D eigenvalue weighted by atomic mass is 19.4. The van der Waals surface area contributed by atoms with Gasteiger partial charge < -0.3 is 5.73 Å². The molecule has 1 saturated carbocycles. The summed E-state index contributed by atoms with van der Waals surface area (Å²) in [4.78, 5) is 0. The zero-order valence-electron chi connectivity index (χ0n) is 7.38. The van der Waals surface area contributed by atoms with Gasteiger partial charge in [0.05, 0.1) is 5.56 Å². The molecule has 0 spiro atoms.